The summed E-state index contributed by atoms with van der Waals surface area (Å²) in [6.45, 7) is 0. The average molecular weight is 276 g/mol. The van der Waals surface area contributed by atoms with E-state index in [-0.39, 0.29) is 11.4 Å². The van der Waals surface area contributed by atoms with Gasteiger partial charge in [-0.05, 0) is 24.5 Å². The maximum atomic E-state index is 10.9. The van der Waals surface area contributed by atoms with E-state index in [1.807, 2.05) is 24.5 Å². The third kappa shape index (κ3) is 2.97. The number of nitrogens with zero attached hydrogens (tertiary/aromatic N) is 1. The molecular weight excluding hydrogens is 264 g/mol. The fourth-order valence-electron chi connectivity index (χ4n) is 1.58. The van der Waals surface area contributed by atoms with Crippen LogP contribution in [-0.2, 0) is 0 Å². The molecule has 19 heavy (non-hydrogen) atoms. The highest BCUT2D eigenvalue weighted by molar-refractivity contribution is 7.98. The van der Waals surface area contributed by atoms with E-state index in [0.29, 0.717) is 11.5 Å². The summed E-state index contributed by atoms with van der Waals surface area (Å²) >= 11 is 1.42. The molecule has 2 rings (SSSR count). The van der Waals surface area contributed by atoms with Crippen molar-refractivity contribution < 1.29 is 9.66 Å². The number of nitro benzene ring substituents is 1. The van der Waals surface area contributed by atoms with Crippen molar-refractivity contribution >= 4 is 23.1 Å². The fourth-order valence-corrected chi connectivity index (χ4v) is 2.12. The lowest BCUT2D eigenvalue weighted by atomic mass is 10.2. The molecule has 2 aromatic rings. The highest BCUT2D eigenvalue weighted by Gasteiger charge is 2.17. The highest BCUT2D eigenvalue weighted by Crippen LogP contribution is 2.38. The zero-order valence-electron chi connectivity index (χ0n) is 10.2. The van der Waals surface area contributed by atoms with Crippen LogP contribution < -0.4 is 10.5 Å². The van der Waals surface area contributed by atoms with E-state index < -0.39 is 4.92 Å². The Balaban J connectivity index is 2.43. The van der Waals surface area contributed by atoms with Crippen LogP contribution in [0.15, 0.2) is 47.4 Å². The number of nitrogens with two attached hydrogens (primary N) is 1. The van der Waals surface area contributed by atoms with Gasteiger partial charge in [0.2, 0.25) is 0 Å². The van der Waals surface area contributed by atoms with Gasteiger partial charge in [-0.25, -0.2) is 0 Å². The first-order valence-electron chi connectivity index (χ1n) is 5.46. The lowest BCUT2D eigenvalue weighted by Crippen LogP contribution is -1.97. The number of anilines is 1. The molecule has 0 spiro atoms. The Labute approximate surface area is 114 Å². The Bertz CT molecular complexity index is 602. The summed E-state index contributed by atoms with van der Waals surface area (Å²) < 4.78 is 5.67. The van der Waals surface area contributed by atoms with Crippen molar-refractivity contribution in [2.45, 2.75) is 4.90 Å². The van der Waals surface area contributed by atoms with Gasteiger partial charge < -0.3 is 10.5 Å². The normalized spacial score (nSPS) is 10.2. The van der Waals surface area contributed by atoms with E-state index in [9.17, 15) is 10.1 Å². The number of hydrogen-bond acceptors (Lipinski definition) is 5. The van der Waals surface area contributed by atoms with Gasteiger partial charge in [0.25, 0.3) is 5.69 Å². The molecule has 0 radical (unpaired) electrons. The quantitative estimate of drug-likeness (QED) is 0.399. The van der Waals surface area contributed by atoms with E-state index in [0.717, 1.165) is 4.90 Å². The van der Waals surface area contributed by atoms with Crippen LogP contribution in [0.25, 0.3) is 0 Å². The minimum Gasteiger partial charge on any atom is -0.456 e. The minimum absolute atomic E-state index is 0.134. The third-order valence-electron chi connectivity index (χ3n) is 2.48. The molecule has 0 aliphatic heterocycles. The molecule has 6 heteroatoms. The van der Waals surface area contributed by atoms with Crippen LogP contribution in [-0.4, -0.2) is 11.2 Å². The van der Waals surface area contributed by atoms with Gasteiger partial charge in [-0.2, -0.15) is 0 Å². The van der Waals surface area contributed by atoms with Crippen molar-refractivity contribution in [1.82, 2.24) is 0 Å². The first-order chi connectivity index (χ1) is 9.11. The first kappa shape index (κ1) is 13.2. The SMILES string of the molecule is CSc1cc(N)c([N+](=O)[O-])cc1Oc1ccccc1. The first-order valence-corrected chi connectivity index (χ1v) is 6.69. The number of rotatable bonds is 4. The number of para-hydroxylation sites is 1. The van der Waals surface area contributed by atoms with Crippen LogP contribution in [0, 0.1) is 10.1 Å². The molecule has 0 unspecified atom stereocenters. The molecule has 0 aromatic heterocycles. The lowest BCUT2D eigenvalue weighted by Gasteiger charge is -2.10. The summed E-state index contributed by atoms with van der Waals surface area (Å²) in [5.74, 6) is 1.05. The van der Waals surface area contributed by atoms with Gasteiger partial charge >= 0.3 is 0 Å². The van der Waals surface area contributed by atoms with E-state index >= 15 is 0 Å². The molecule has 2 N–H and O–H groups in total. The van der Waals surface area contributed by atoms with Crippen molar-refractivity contribution in [1.29, 1.82) is 0 Å². The Morgan fingerprint density at radius 3 is 2.53 bits per heavy atom. The summed E-state index contributed by atoms with van der Waals surface area (Å²) in [4.78, 5) is 11.1. The molecule has 98 valence electrons. The van der Waals surface area contributed by atoms with Gasteiger partial charge in [-0.15, -0.1) is 11.8 Å². The summed E-state index contributed by atoms with van der Waals surface area (Å²) in [5.41, 5.74) is 5.63. The average Bonchev–Trinajstić information content (AvgIpc) is 2.41. The van der Waals surface area contributed by atoms with Gasteiger partial charge in [0, 0.05) is 0 Å². The van der Waals surface area contributed by atoms with E-state index in [4.69, 9.17) is 10.5 Å². The maximum absolute atomic E-state index is 10.9. The standard InChI is InChI=1S/C13H12N2O3S/c1-19-13-7-10(14)11(15(16)17)8-12(13)18-9-5-3-2-4-6-9/h2-8H,14H2,1H3. The molecule has 0 saturated carbocycles. The smallest absolute Gasteiger partial charge is 0.295 e. The highest BCUT2D eigenvalue weighted by atomic mass is 32.2. The molecule has 0 fully saturated rings. The molecule has 0 heterocycles. The van der Waals surface area contributed by atoms with Crippen molar-refractivity contribution in [2.75, 3.05) is 12.0 Å². The number of hydrogen-bond donors (Lipinski definition) is 1. The van der Waals surface area contributed by atoms with Gasteiger partial charge in [0.15, 0.2) is 0 Å². The van der Waals surface area contributed by atoms with E-state index in [2.05, 4.69) is 0 Å². The zero-order chi connectivity index (χ0) is 13.8. The van der Waals surface area contributed by atoms with Crippen LogP contribution >= 0.6 is 11.8 Å². The maximum Gasteiger partial charge on any atom is 0.295 e. The molecule has 5 nitrogen and oxygen atoms in total. The Morgan fingerprint density at radius 1 is 1.26 bits per heavy atom. The predicted molar refractivity (Wildman–Crippen MR) is 75.8 cm³/mol. The topological polar surface area (TPSA) is 78.4 Å². The summed E-state index contributed by atoms with van der Waals surface area (Å²) in [6, 6.07) is 12.0. The summed E-state index contributed by atoms with van der Waals surface area (Å²) in [6.07, 6.45) is 1.86. The largest absolute Gasteiger partial charge is 0.456 e. The second kappa shape index (κ2) is 5.62. The van der Waals surface area contributed by atoms with Crippen LogP contribution in [0.3, 0.4) is 0 Å². The van der Waals surface area contributed by atoms with Crippen molar-refractivity contribution in [3.63, 3.8) is 0 Å². The summed E-state index contributed by atoms with van der Waals surface area (Å²) in [7, 11) is 0. The van der Waals surface area contributed by atoms with Crippen LogP contribution in [0.2, 0.25) is 0 Å². The second-order valence-electron chi connectivity index (χ2n) is 3.73. The molecule has 0 aliphatic carbocycles. The monoisotopic (exact) mass is 276 g/mol. The minimum atomic E-state index is -0.517. The molecule has 0 amide bonds. The molecular formula is C13H12N2O3S. The third-order valence-corrected chi connectivity index (χ3v) is 3.24. The molecule has 2 aromatic carbocycles. The van der Waals surface area contributed by atoms with Crippen LogP contribution in [0.1, 0.15) is 0 Å². The predicted octanol–water partition coefficient (Wildman–Crippen LogP) is 3.69. The van der Waals surface area contributed by atoms with Crippen molar-refractivity contribution in [3.8, 4) is 11.5 Å². The van der Waals surface area contributed by atoms with Crippen LogP contribution in [0.4, 0.5) is 11.4 Å². The van der Waals surface area contributed by atoms with Crippen molar-refractivity contribution in [2.24, 2.45) is 0 Å². The van der Waals surface area contributed by atoms with E-state index in [1.54, 1.807) is 18.2 Å². The van der Waals surface area contributed by atoms with Gasteiger partial charge in [0.05, 0.1) is 15.9 Å². The second-order valence-corrected chi connectivity index (χ2v) is 4.58. The number of thioether (sulfide) groups is 1. The Morgan fingerprint density at radius 2 is 1.95 bits per heavy atom. The van der Waals surface area contributed by atoms with E-state index in [1.165, 1.54) is 17.8 Å². The zero-order valence-corrected chi connectivity index (χ0v) is 11.0. The molecule has 0 saturated heterocycles. The Hall–Kier alpha value is -2.21. The number of ether oxygens (including phenoxy) is 1. The molecule has 0 aliphatic rings. The molecule has 0 bridgehead atoms. The summed E-state index contributed by atoms with van der Waals surface area (Å²) in [5, 5.41) is 10.9. The van der Waals surface area contributed by atoms with Gasteiger partial charge in [0.1, 0.15) is 17.2 Å². The lowest BCUT2D eigenvalue weighted by molar-refractivity contribution is -0.384. The fraction of sp³-hybridized carbons (Fsp3) is 0.0769. The van der Waals surface area contributed by atoms with Gasteiger partial charge in [-0.3, -0.25) is 10.1 Å². The number of nitro groups is 1. The van der Waals surface area contributed by atoms with Crippen LogP contribution in [0.5, 0.6) is 11.5 Å². The molecule has 0 atom stereocenters. The number of nitrogen functional groups attached to an aromatic ring is 1. The van der Waals surface area contributed by atoms with Crippen molar-refractivity contribution in [3.05, 3.63) is 52.6 Å². The number of benzene rings is 2. The Kier molecular flexibility index (Phi) is 3.91. The van der Waals surface area contributed by atoms with Gasteiger partial charge in [-0.1, -0.05) is 18.2 Å².